The van der Waals surface area contributed by atoms with Crippen molar-refractivity contribution >= 4 is 34.0 Å². The lowest BCUT2D eigenvalue weighted by Gasteiger charge is -2.16. The number of nitrogens with zero attached hydrogens (tertiary/aromatic N) is 1. The molecule has 0 bridgehead atoms. The minimum Gasteiger partial charge on any atom is -0.351 e. The number of halogens is 1. The Morgan fingerprint density at radius 1 is 1.26 bits per heavy atom. The molecule has 0 saturated carbocycles. The van der Waals surface area contributed by atoms with Crippen LogP contribution in [0.1, 0.15) is 29.3 Å². The summed E-state index contributed by atoms with van der Waals surface area (Å²) in [6.45, 7) is 4.80. The van der Waals surface area contributed by atoms with E-state index >= 15 is 0 Å². The molecule has 0 atom stereocenters. The number of hydrogen-bond donors (Lipinski definition) is 2. The second-order valence-electron chi connectivity index (χ2n) is 5.43. The van der Waals surface area contributed by atoms with Crippen LogP contribution in [0.25, 0.3) is 0 Å². The molecule has 1 heterocycles. The fourth-order valence-electron chi connectivity index (χ4n) is 2.53. The van der Waals surface area contributed by atoms with E-state index in [4.69, 9.17) is 0 Å². The van der Waals surface area contributed by atoms with Gasteiger partial charge in [-0.05, 0) is 43.1 Å². The monoisotopic (exact) mass is 361 g/mol. The van der Waals surface area contributed by atoms with Crippen molar-refractivity contribution in [1.82, 2.24) is 10.6 Å². The standard InChI is InChI=1S/C15H23N3O3S.ClH/c1-3-7-16-8-9-17-15(19)13-4-5-14-12(11-13)6-10-18(14)22(2,20)21;/h4-5,11,16H,3,6-10H2,1-2H3,(H,17,19);1H. The highest BCUT2D eigenvalue weighted by atomic mass is 35.5. The zero-order valence-corrected chi connectivity index (χ0v) is 15.1. The average molecular weight is 362 g/mol. The number of carbonyl (C=O) groups excluding carboxylic acids is 1. The first-order valence-corrected chi connectivity index (χ1v) is 9.38. The van der Waals surface area contributed by atoms with Gasteiger partial charge in [0.15, 0.2) is 0 Å². The smallest absolute Gasteiger partial charge is 0.251 e. The fourth-order valence-corrected chi connectivity index (χ4v) is 3.48. The summed E-state index contributed by atoms with van der Waals surface area (Å²) in [7, 11) is -3.25. The molecule has 23 heavy (non-hydrogen) atoms. The SMILES string of the molecule is CCCNCCNC(=O)c1ccc2c(c1)CCN2S(C)(=O)=O.Cl. The third-order valence-electron chi connectivity index (χ3n) is 3.61. The van der Waals surface area contributed by atoms with Crippen molar-refractivity contribution in [2.24, 2.45) is 0 Å². The highest BCUT2D eigenvalue weighted by Gasteiger charge is 2.26. The lowest BCUT2D eigenvalue weighted by atomic mass is 10.1. The normalized spacial score (nSPS) is 13.4. The zero-order valence-electron chi connectivity index (χ0n) is 13.5. The predicted molar refractivity (Wildman–Crippen MR) is 95.1 cm³/mol. The number of fused-ring (bicyclic) bond motifs is 1. The second-order valence-corrected chi connectivity index (χ2v) is 7.34. The first-order chi connectivity index (χ1) is 10.4. The van der Waals surface area contributed by atoms with Crippen LogP contribution < -0.4 is 14.9 Å². The number of nitrogens with one attached hydrogen (secondary N) is 2. The van der Waals surface area contributed by atoms with E-state index < -0.39 is 10.0 Å². The van der Waals surface area contributed by atoms with Crippen LogP contribution in [-0.2, 0) is 16.4 Å². The van der Waals surface area contributed by atoms with Gasteiger partial charge in [0.1, 0.15) is 0 Å². The van der Waals surface area contributed by atoms with Gasteiger partial charge in [-0.15, -0.1) is 12.4 Å². The molecule has 2 N–H and O–H groups in total. The molecule has 0 aliphatic carbocycles. The third kappa shape index (κ3) is 5.09. The van der Waals surface area contributed by atoms with Crippen LogP contribution in [0.3, 0.4) is 0 Å². The molecule has 1 aromatic rings. The quantitative estimate of drug-likeness (QED) is 0.714. The molecule has 0 unspecified atom stereocenters. The number of hydrogen-bond acceptors (Lipinski definition) is 4. The first kappa shape index (κ1) is 19.7. The summed E-state index contributed by atoms with van der Waals surface area (Å²) in [5.74, 6) is -0.126. The van der Waals surface area contributed by atoms with Gasteiger partial charge in [-0.1, -0.05) is 6.92 Å². The van der Waals surface area contributed by atoms with Crippen molar-refractivity contribution in [2.45, 2.75) is 19.8 Å². The summed E-state index contributed by atoms with van der Waals surface area (Å²) >= 11 is 0. The van der Waals surface area contributed by atoms with Crippen molar-refractivity contribution in [3.05, 3.63) is 29.3 Å². The van der Waals surface area contributed by atoms with Crippen LogP contribution in [0.4, 0.5) is 5.69 Å². The van der Waals surface area contributed by atoms with Gasteiger partial charge in [0.2, 0.25) is 10.0 Å². The molecule has 1 amide bonds. The van der Waals surface area contributed by atoms with E-state index in [1.54, 1.807) is 18.2 Å². The van der Waals surface area contributed by atoms with Crippen LogP contribution in [-0.4, -0.2) is 46.8 Å². The van der Waals surface area contributed by atoms with E-state index in [2.05, 4.69) is 17.6 Å². The topological polar surface area (TPSA) is 78.5 Å². The van der Waals surface area contributed by atoms with Crippen molar-refractivity contribution in [3.8, 4) is 0 Å². The molecule has 8 heteroatoms. The second kappa shape index (κ2) is 8.52. The number of rotatable bonds is 7. The predicted octanol–water partition coefficient (Wildman–Crippen LogP) is 1.16. The molecule has 1 aliphatic heterocycles. The molecule has 0 saturated heterocycles. The van der Waals surface area contributed by atoms with E-state index in [1.165, 1.54) is 10.6 Å². The Kier molecular flexibility index (Phi) is 7.31. The minimum atomic E-state index is -3.25. The van der Waals surface area contributed by atoms with Gasteiger partial charge in [0.05, 0.1) is 11.9 Å². The van der Waals surface area contributed by atoms with E-state index in [0.717, 1.165) is 25.1 Å². The summed E-state index contributed by atoms with van der Waals surface area (Å²) in [6, 6.07) is 5.18. The van der Waals surface area contributed by atoms with Crippen LogP contribution in [0.2, 0.25) is 0 Å². The zero-order chi connectivity index (χ0) is 16.2. The number of sulfonamides is 1. The van der Waals surface area contributed by atoms with E-state index in [9.17, 15) is 13.2 Å². The Hall–Kier alpha value is -1.31. The van der Waals surface area contributed by atoms with Crippen LogP contribution in [0.5, 0.6) is 0 Å². The molecule has 0 aromatic heterocycles. The van der Waals surface area contributed by atoms with Gasteiger partial charge in [-0.25, -0.2) is 8.42 Å². The maximum atomic E-state index is 12.1. The molecule has 0 radical (unpaired) electrons. The molecule has 0 spiro atoms. The highest BCUT2D eigenvalue weighted by molar-refractivity contribution is 7.92. The van der Waals surface area contributed by atoms with Crippen LogP contribution >= 0.6 is 12.4 Å². The lowest BCUT2D eigenvalue weighted by Crippen LogP contribution is -2.32. The molecule has 6 nitrogen and oxygen atoms in total. The molecule has 1 aliphatic rings. The maximum Gasteiger partial charge on any atom is 0.251 e. The Morgan fingerprint density at radius 2 is 2.00 bits per heavy atom. The maximum absolute atomic E-state index is 12.1. The number of carbonyl (C=O) groups is 1. The van der Waals surface area contributed by atoms with Crippen molar-refractivity contribution < 1.29 is 13.2 Å². The van der Waals surface area contributed by atoms with Gasteiger partial charge < -0.3 is 10.6 Å². The Bertz CT molecular complexity index is 649. The van der Waals surface area contributed by atoms with Crippen molar-refractivity contribution in [2.75, 3.05) is 36.7 Å². The van der Waals surface area contributed by atoms with Gasteiger partial charge in [-0.2, -0.15) is 0 Å². The summed E-state index contributed by atoms with van der Waals surface area (Å²) in [6.07, 6.45) is 2.91. The summed E-state index contributed by atoms with van der Waals surface area (Å²) in [5.41, 5.74) is 2.16. The number of amides is 1. The third-order valence-corrected chi connectivity index (χ3v) is 4.79. The Labute approximate surface area is 144 Å². The van der Waals surface area contributed by atoms with E-state index in [0.29, 0.717) is 30.8 Å². The molecule has 0 fully saturated rings. The number of benzene rings is 1. The van der Waals surface area contributed by atoms with Crippen LogP contribution in [0, 0.1) is 0 Å². The lowest BCUT2D eigenvalue weighted by molar-refractivity contribution is 0.0954. The van der Waals surface area contributed by atoms with Crippen molar-refractivity contribution in [1.29, 1.82) is 0 Å². The number of anilines is 1. The van der Waals surface area contributed by atoms with Gasteiger partial charge in [0, 0.05) is 25.2 Å². The molecule has 2 rings (SSSR count). The Balaban J connectivity index is 0.00000264. The van der Waals surface area contributed by atoms with Crippen LogP contribution in [0.15, 0.2) is 18.2 Å². The average Bonchev–Trinajstić information content (AvgIpc) is 2.89. The summed E-state index contributed by atoms with van der Waals surface area (Å²) in [5, 5.41) is 6.08. The summed E-state index contributed by atoms with van der Waals surface area (Å²) in [4.78, 5) is 12.1. The molecular formula is C15H24ClN3O3S. The largest absolute Gasteiger partial charge is 0.351 e. The van der Waals surface area contributed by atoms with E-state index in [-0.39, 0.29) is 18.3 Å². The molecule has 1 aromatic carbocycles. The van der Waals surface area contributed by atoms with E-state index in [1.807, 2.05) is 0 Å². The summed E-state index contributed by atoms with van der Waals surface area (Å²) < 4.78 is 24.8. The van der Waals surface area contributed by atoms with Gasteiger partial charge >= 0.3 is 0 Å². The highest BCUT2D eigenvalue weighted by Crippen LogP contribution is 2.30. The van der Waals surface area contributed by atoms with Gasteiger partial charge in [-0.3, -0.25) is 9.10 Å². The van der Waals surface area contributed by atoms with Crippen molar-refractivity contribution in [3.63, 3.8) is 0 Å². The minimum absolute atomic E-state index is 0. The first-order valence-electron chi connectivity index (χ1n) is 7.53. The Morgan fingerprint density at radius 3 is 2.65 bits per heavy atom. The van der Waals surface area contributed by atoms with Gasteiger partial charge in [0.25, 0.3) is 5.91 Å². The molecular weight excluding hydrogens is 338 g/mol. The molecule has 130 valence electrons. The fraction of sp³-hybridized carbons (Fsp3) is 0.533.